The van der Waals surface area contributed by atoms with Gasteiger partial charge >= 0.3 is 5.97 Å². The Kier molecular flexibility index (Phi) is 7.83. The van der Waals surface area contributed by atoms with E-state index in [1.165, 1.54) is 49.8 Å². The topological polar surface area (TPSA) is 98.1 Å². The second kappa shape index (κ2) is 10.8. The van der Waals surface area contributed by atoms with Crippen molar-refractivity contribution in [1.82, 2.24) is 4.98 Å². The summed E-state index contributed by atoms with van der Waals surface area (Å²) in [4.78, 5) is 16.3. The number of hydrogen-bond donors (Lipinski definition) is 2. The first-order valence-electron chi connectivity index (χ1n) is 11.3. The van der Waals surface area contributed by atoms with E-state index < -0.39 is 24.6 Å². The van der Waals surface area contributed by atoms with E-state index in [0.717, 1.165) is 25.7 Å². The minimum atomic E-state index is -2.70. The molecule has 2 aromatic carbocycles. The SMILES string of the molecule is COc1cc(C(=O)O)c2nc(CC(OC3CCCC3)C(O)c3ccc(C(F)F)c(OC)c3)sc2c1. The van der Waals surface area contributed by atoms with Gasteiger partial charge in [-0.3, -0.25) is 0 Å². The predicted molar refractivity (Wildman–Crippen MR) is 127 cm³/mol. The molecule has 0 aliphatic heterocycles. The van der Waals surface area contributed by atoms with E-state index in [2.05, 4.69) is 4.98 Å². The maximum Gasteiger partial charge on any atom is 0.338 e. The van der Waals surface area contributed by atoms with Crippen LogP contribution in [0.1, 0.15) is 64.7 Å². The number of aliphatic hydroxyl groups excluding tert-OH is 1. The molecular formula is C25H27F2NO6S. The number of aromatic nitrogens is 1. The van der Waals surface area contributed by atoms with Gasteiger partial charge < -0.3 is 24.4 Å². The first-order valence-corrected chi connectivity index (χ1v) is 12.1. The molecule has 188 valence electrons. The van der Waals surface area contributed by atoms with Crippen molar-refractivity contribution in [2.45, 2.75) is 56.8 Å². The number of fused-ring (bicyclic) bond motifs is 1. The predicted octanol–water partition coefficient (Wildman–Crippen LogP) is 5.55. The van der Waals surface area contributed by atoms with Crippen LogP contribution in [-0.2, 0) is 11.2 Å². The van der Waals surface area contributed by atoms with Crippen LogP contribution in [0.3, 0.4) is 0 Å². The molecule has 1 heterocycles. The van der Waals surface area contributed by atoms with Crippen molar-refractivity contribution >= 4 is 27.5 Å². The number of methoxy groups -OCH3 is 2. The molecule has 1 aliphatic carbocycles. The Morgan fingerprint density at radius 1 is 1.17 bits per heavy atom. The number of nitrogens with zero attached hydrogens (tertiary/aromatic N) is 1. The molecule has 2 unspecified atom stereocenters. The van der Waals surface area contributed by atoms with Crippen molar-refractivity contribution in [2.75, 3.05) is 14.2 Å². The average molecular weight is 508 g/mol. The highest BCUT2D eigenvalue weighted by Gasteiger charge is 2.30. The minimum absolute atomic E-state index is 0.00523. The van der Waals surface area contributed by atoms with Gasteiger partial charge in [0.25, 0.3) is 6.43 Å². The minimum Gasteiger partial charge on any atom is -0.497 e. The Morgan fingerprint density at radius 2 is 1.91 bits per heavy atom. The van der Waals surface area contributed by atoms with Gasteiger partial charge in [-0.15, -0.1) is 11.3 Å². The summed E-state index contributed by atoms with van der Waals surface area (Å²) >= 11 is 1.30. The third kappa shape index (κ3) is 5.55. The second-order valence-corrected chi connectivity index (χ2v) is 9.58. The van der Waals surface area contributed by atoms with E-state index in [1.54, 1.807) is 6.07 Å². The lowest BCUT2D eigenvalue weighted by Crippen LogP contribution is -2.29. The summed E-state index contributed by atoms with van der Waals surface area (Å²) in [5, 5.41) is 21.4. The first kappa shape index (κ1) is 25.3. The van der Waals surface area contributed by atoms with Crippen LogP contribution in [0.15, 0.2) is 30.3 Å². The van der Waals surface area contributed by atoms with E-state index >= 15 is 0 Å². The molecule has 1 fully saturated rings. The van der Waals surface area contributed by atoms with Crippen LogP contribution in [0.2, 0.25) is 0 Å². The Labute approximate surface area is 205 Å². The number of thiazole rings is 1. The summed E-state index contributed by atoms with van der Waals surface area (Å²) in [7, 11) is 2.77. The summed E-state index contributed by atoms with van der Waals surface area (Å²) < 4.78 is 43.8. The molecule has 0 radical (unpaired) electrons. The highest BCUT2D eigenvalue weighted by Crippen LogP contribution is 2.36. The van der Waals surface area contributed by atoms with Crippen LogP contribution in [0.4, 0.5) is 8.78 Å². The molecule has 2 atom stereocenters. The molecule has 0 bridgehead atoms. The van der Waals surface area contributed by atoms with Gasteiger partial charge in [-0.1, -0.05) is 18.9 Å². The smallest absolute Gasteiger partial charge is 0.338 e. The van der Waals surface area contributed by atoms with Crippen LogP contribution < -0.4 is 9.47 Å². The lowest BCUT2D eigenvalue weighted by molar-refractivity contribution is -0.0753. The largest absolute Gasteiger partial charge is 0.497 e. The monoisotopic (exact) mass is 507 g/mol. The summed E-state index contributed by atoms with van der Waals surface area (Å²) in [6.07, 6.45) is -0.537. The number of benzene rings is 2. The van der Waals surface area contributed by atoms with Crippen LogP contribution in [0.5, 0.6) is 11.5 Å². The first-order chi connectivity index (χ1) is 16.8. The third-order valence-corrected chi connectivity index (χ3v) is 7.24. The Balaban J connectivity index is 1.67. The number of halogens is 2. The van der Waals surface area contributed by atoms with E-state index in [0.29, 0.717) is 26.5 Å². The van der Waals surface area contributed by atoms with Crippen LogP contribution >= 0.6 is 11.3 Å². The second-order valence-electron chi connectivity index (χ2n) is 8.47. The fraction of sp³-hybridized carbons (Fsp3) is 0.440. The number of aliphatic hydroxyl groups is 1. The van der Waals surface area contributed by atoms with E-state index in [4.69, 9.17) is 14.2 Å². The highest BCUT2D eigenvalue weighted by atomic mass is 32.1. The van der Waals surface area contributed by atoms with Crippen molar-refractivity contribution in [3.8, 4) is 11.5 Å². The molecule has 1 saturated carbocycles. The summed E-state index contributed by atoms with van der Waals surface area (Å²) in [5.41, 5.74) is 0.514. The molecule has 3 aromatic rings. The van der Waals surface area contributed by atoms with Gasteiger partial charge in [0.05, 0.1) is 52.8 Å². The fourth-order valence-electron chi connectivity index (χ4n) is 4.40. The molecule has 1 aliphatic rings. The van der Waals surface area contributed by atoms with Crippen LogP contribution in [0, 0.1) is 0 Å². The lowest BCUT2D eigenvalue weighted by atomic mass is 9.99. The average Bonchev–Trinajstić information content (AvgIpc) is 3.51. The van der Waals surface area contributed by atoms with Gasteiger partial charge in [-0.05, 0) is 42.7 Å². The molecule has 7 nitrogen and oxygen atoms in total. The molecule has 0 saturated heterocycles. The molecule has 35 heavy (non-hydrogen) atoms. The van der Waals surface area contributed by atoms with Crippen molar-refractivity contribution < 1.29 is 38.0 Å². The number of carbonyl (C=O) groups is 1. The van der Waals surface area contributed by atoms with Crippen molar-refractivity contribution in [3.05, 3.63) is 52.0 Å². The standard InChI is InChI=1S/C25H27F2NO6S/c1-32-15-10-17(25(30)31)22-20(11-15)35-21(28-22)12-19(34-14-5-3-4-6-14)23(29)13-7-8-16(24(26)27)18(9-13)33-2/h7-11,14,19,23-24,29H,3-6,12H2,1-2H3,(H,30,31). The number of aromatic carboxylic acids is 1. The number of rotatable bonds is 10. The Hall–Kier alpha value is -2.82. The normalized spacial score (nSPS) is 16.1. The van der Waals surface area contributed by atoms with Crippen LogP contribution in [-0.4, -0.2) is 47.6 Å². The molecule has 0 amide bonds. The van der Waals surface area contributed by atoms with Crippen LogP contribution in [0.25, 0.3) is 10.2 Å². The zero-order chi connectivity index (χ0) is 25.1. The van der Waals surface area contributed by atoms with Gasteiger partial charge in [0.15, 0.2) is 0 Å². The zero-order valence-corrected chi connectivity index (χ0v) is 20.2. The number of ether oxygens (including phenoxy) is 3. The molecule has 0 spiro atoms. The number of hydrogen-bond acceptors (Lipinski definition) is 7. The molecule has 1 aromatic heterocycles. The van der Waals surface area contributed by atoms with Crippen molar-refractivity contribution in [2.24, 2.45) is 0 Å². The van der Waals surface area contributed by atoms with Crippen molar-refractivity contribution in [1.29, 1.82) is 0 Å². The van der Waals surface area contributed by atoms with Gasteiger partial charge in [0.2, 0.25) is 0 Å². The maximum absolute atomic E-state index is 13.3. The number of carboxylic acid groups (broad SMARTS) is 1. The fourth-order valence-corrected chi connectivity index (χ4v) is 5.47. The van der Waals surface area contributed by atoms with E-state index in [-0.39, 0.29) is 29.4 Å². The number of alkyl halides is 2. The summed E-state index contributed by atoms with van der Waals surface area (Å²) in [6, 6.07) is 7.25. The molecule has 4 rings (SSSR count). The zero-order valence-electron chi connectivity index (χ0n) is 19.4. The van der Waals surface area contributed by atoms with Gasteiger partial charge in [0.1, 0.15) is 17.6 Å². The Bertz CT molecular complexity index is 1190. The van der Waals surface area contributed by atoms with E-state index in [9.17, 15) is 23.8 Å². The highest BCUT2D eigenvalue weighted by molar-refractivity contribution is 7.18. The van der Waals surface area contributed by atoms with Gasteiger partial charge in [-0.2, -0.15) is 0 Å². The van der Waals surface area contributed by atoms with E-state index in [1.807, 2.05) is 0 Å². The molecule has 10 heteroatoms. The van der Waals surface area contributed by atoms with Crippen molar-refractivity contribution in [3.63, 3.8) is 0 Å². The molecule has 2 N–H and O–H groups in total. The molecular weight excluding hydrogens is 480 g/mol. The maximum atomic E-state index is 13.3. The van der Waals surface area contributed by atoms with Gasteiger partial charge in [0, 0.05) is 6.42 Å². The summed E-state index contributed by atoms with van der Waals surface area (Å²) in [5.74, 6) is -0.708. The number of carboxylic acids is 1. The lowest BCUT2D eigenvalue weighted by Gasteiger charge is -2.27. The Morgan fingerprint density at radius 3 is 2.54 bits per heavy atom. The quantitative estimate of drug-likeness (QED) is 0.371. The van der Waals surface area contributed by atoms with Gasteiger partial charge in [-0.25, -0.2) is 18.6 Å². The summed E-state index contributed by atoms with van der Waals surface area (Å²) in [6.45, 7) is 0. The third-order valence-electron chi connectivity index (χ3n) is 6.21.